The van der Waals surface area contributed by atoms with Gasteiger partial charge in [-0.3, -0.25) is 4.79 Å². The summed E-state index contributed by atoms with van der Waals surface area (Å²) < 4.78 is 10.4. The van der Waals surface area contributed by atoms with Gasteiger partial charge >= 0.3 is 6.09 Å². The maximum absolute atomic E-state index is 12.6. The van der Waals surface area contributed by atoms with Crippen molar-refractivity contribution in [3.8, 4) is 0 Å². The number of amides is 2. The van der Waals surface area contributed by atoms with Gasteiger partial charge in [0.15, 0.2) is 0 Å². The molecule has 1 heterocycles. The number of hydrogen-bond donors (Lipinski definition) is 4. The number of H-pyrrole nitrogens is 1. The Morgan fingerprint density at radius 3 is 2.68 bits per heavy atom. The van der Waals surface area contributed by atoms with Gasteiger partial charge in [-0.2, -0.15) is 0 Å². The fourth-order valence-corrected chi connectivity index (χ4v) is 2.72. The summed E-state index contributed by atoms with van der Waals surface area (Å²) in [7, 11) is 0. The van der Waals surface area contributed by atoms with Gasteiger partial charge in [0.1, 0.15) is 11.6 Å². The fraction of sp³-hybridized carbons (Fsp3) is 0.500. The van der Waals surface area contributed by atoms with Gasteiger partial charge in [-0.1, -0.05) is 18.2 Å². The number of carbonyl (C=O) groups excluding carboxylic acids is 2. The molecule has 0 spiro atoms. The maximum Gasteiger partial charge on any atom is 0.408 e. The topological polar surface area (TPSA) is 113 Å². The summed E-state index contributed by atoms with van der Waals surface area (Å²) in [6.45, 7) is 5.99. The Morgan fingerprint density at radius 1 is 1.21 bits per heavy atom. The number of aromatic amines is 1. The molecule has 0 aliphatic carbocycles. The number of para-hydroxylation sites is 1. The number of aliphatic hydroxyl groups is 1. The van der Waals surface area contributed by atoms with Crippen LogP contribution in [0.15, 0.2) is 30.5 Å². The number of benzene rings is 1. The average Bonchev–Trinajstić information content (AvgIpc) is 3.02. The lowest BCUT2D eigenvalue weighted by Crippen LogP contribution is -2.49. The van der Waals surface area contributed by atoms with E-state index in [1.54, 1.807) is 20.8 Å². The minimum atomic E-state index is -0.799. The minimum Gasteiger partial charge on any atom is -0.444 e. The molecule has 1 aromatic heterocycles. The highest BCUT2D eigenvalue weighted by molar-refractivity contribution is 5.88. The summed E-state index contributed by atoms with van der Waals surface area (Å²) in [5.41, 5.74) is 1.22. The molecule has 0 bridgehead atoms. The molecule has 2 rings (SSSR count). The monoisotopic (exact) mass is 391 g/mol. The van der Waals surface area contributed by atoms with Gasteiger partial charge in [-0.05, 0) is 32.4 Å². The van der Waals surface area contributed by atoms with E-state index in [-0.39, 0.29) is 32.3 Å². The first-order chi connectivity index (χ1) is 13.3. The van der Waals surface area contributed by atoms with Gasteiger partial charge in [0.2, 0.25) is 5.91 Å². The lowest BCUT2D eigenvalue weighted by molar-refractivity contribution is -0.123. The molecule has 2 aromatic rings. The second-order valence-electron chi connectivity index (χ2n) is 7.39. The van der Waals surface area contributed by atoms with E-state index in [0.717, 1.165) is 16.5 Å². The third-order valence-electron chi connectivity index (χ3n) is 3.89. The molecule has 0 aliphatic heterocycles. The Kier molecular flexibility index (Phi) is 7.83. The smallest absolute Gasteiger partial charge is 0.408 e. The molecular weight excluding hydrogens is 362 g/mol. The first-order valence-corrected chi connectivity index (χ1v) is 9.31. The zero-order valence-electron chi connectivity index (χ0n) is 16.6. The first kappa shape index (κ1) is 21.7. The lowest BCUT2D eigenvalue weighted by Gasteiger charge is -2.23. The van der Waals surface area contributed by atoms with Crippen molar-refractivity contribution < 1.29 is 24.2 Å². The van der Waals surface area contributed by atoms with Crippen LogP contribution < -0.4 is 10.6 Å². The summed E-state index contributed by atoms with van der Waals surface area (Å²) in [6.07, 6.45) is 1.50. The van der Waals surface area contributed by atoms with Crippen molar-refractivity contribution >= 4 is 22.9 Å². The number of carbonyl (C=O) groups is 2. The normalized spacial score (nSPS) is 12.6. The van der Waals surface area contributed by atoms with Crippen LogP contribution in [0.5, 0.6) is 0 Å². The van der Waals surface area contributed by atoms with Gasteiger partial charge < -0.3 is 30.2 Å². The molecule has 8 heteroatoms. The number of fused-ring (bicyclic) bond motifs is 1. The Morgan fingerprint density at radius 2 is 1.96 bits per heavy atom. The average molecular weight is 391 g/mol. The van der Waals surface area contributed by atoms with Crippen molar-refractivity contribution in [3.05, 3.63) is 36.0 Å². The largest absolute Gasteiger partial charge is 0.444 e. The van der Waals surface area contributed by atoms with Gasteiger partial charge in [-0.15, -0.1) is 0 Å². The van der Waals surface area contributed by atoms with Gasteiger partial charge in [-0.25, -0.2) is 4.79 Å². The molecule has 0 radical (unpaired) electrons. The van der Waals surface area contributed by atoms with E-state index in [9.17, 15) is 9.59 Å². The van der Waals surface area contributed by atoms with Crippen molar-refractivity contribution in [2.45, 2.75) is 38.8 Å². The van der Waals surface area contributed by atoms with E-state index < -0.39 is 17.7 Å². The lowest BCUT2D eigenvalue weighted by atomic mass is 10.0. The first-order valence-electron chi connectivity index (χ1n) is 9.31. The zero-order chi connectivity index (χ0) is 20.6. The maximum atomic E-state index is 12.6. The Bertz CT molecular complexity index is 781. The second-order valence-corrected chi connectivity index (χ2v) is 7.39. The fourth-order valence-electron chi connectivity index (χ4n) is 2.72. The van der Waals surface area contributed by atoms with Crippen LogP contribution in [0.3, 0.4) is 0 Å². The van der Waals surface area contributed by atoms with Crippen molar-refractivity contribution in [1.82, 2.24) is 15.6 Å². The van der Waals surface area contributed by atoms with Crippen LogP contribution >= 0.6 is 0 Å². The van der Waals surface area contributed by atoms with E-state index in [1.807, 2.05) is 30.5 Å². The van der Waals surface area contributed by atoms with Crippen molar-refractivity contribution in [3.63, 3.8) is 0 Å². The van der Waals surface area contributed by atoms with Crippen LogP contribution in [-0.2, 0) is 20.7 Å². The number of nitrogens with one attached hydrogen (secondary N) is 3. The molecule has 2 amide bonds. The highest BCUT2D eigenvalue weighted by Gasteiger charge is 2.25. The number of aliphatic hydroxyl groups excluding tert-OH is 1. The second kappa shape index (κ2) is 10.1. The molecule has 1 aromatic carbocycles. The van der Waals surface area contributed by atoms with Crippen LogP contribution in [-0.4, -0.2) is 60.1 Å². The predicted octanol–water partition coefficient (Wildman–Crippen LogP) is 1.73. The molecule has 4 N–H and O–H groups in total. The van der Waals surface area contributed by atoms with Gasteiger partial charge in [0.25, 0.3) is 0 Å². The molecular formula is C20H29N3O5. The standard InChI is InChI=1S/C20H29N3O5/c1-20(2,3)28-19(26)23-17(18(25)21-8-10-27-11-9-24)12-14-13-22-16-7-5-4-6-15(14)16/h4-7,13,17,22,24H,8-12H2,1-3H3,(H,21,25)(H,23,26)/t17-/m0/s1. The van der Waals surface area contributed by atoms with Crippen LogP contribution in [0.1, 0.15) is 26.3 Å². The summed E-state index contributed by atoms with van der Waals surface area (Å²) in [6, 6.07) is 6.97. The molecule has 0 fully saturated rings. The molecule has 0 saturated heterocycles. The number of aromatic nitrogens is 1. The minimum absolute atomic E-state index is 0.0721. The van der Waals surface area contributed by atoms with Crippen LogP contribution in [0.25, 0.3) is 10.9 Å². The Balaban J connectivity index is 2.06. The Labute approximate surface area is 164 Å². The number of hydrogen-bond acceptors (Lipinski definition) is 5. The van der Waals surface area contributed by atoms with E-state index in [4.69, 9.17) is 14.6 Å². The van der Waals surface area contributed by atoms with Crippen molar-refractivity contribution in [2.24, 2.45) is 0 Å². The van der Waals surface area contributed by atoms with Crippen molar-refractivity contribution in [2.75, 3.05) is 26.4 Å². The number of ether oxygens (including phenoxy) is 2. The number of alkyl carbamates (subject to hydrolysis) is 1. The van der Waals surface area contributed by atoms with E-state index in [1.165, 1.54) is 0 Å². The summed E-state index contributed by atoms with van der Waals surface area (Å²) in [5.74, 6) is -0.330. The third-order valence-corrected chi connectivity index (χ3v) is 3.89. The predicted molar refractivity (Wildman–Crippen MR) is 106 cm³/mol. The van der Waals surface area contributed by atoms with E-state index >= 15 is 0 Å². The van der Waals surface area contributed by atoms with E-state index in [0.29, 0.717) is 6.42 Å². The molecule has 0 aliphatic rings. The van der Waals surface area contributed by atoms with Crippen LogP contribution in [0, 0.1) is 0 Å². The van der Waals surface area contributed by atoms with Crippen molar-refractivity contribution in [1.29, 1.82) is 0 Å². The summed E-state index contributed by atoms with van der Waals surface area (Å²) in [4.78, 5) is 28.0. The molecule has 0 unspecified atom stereocenters. The molecule has 8 nitrogen and oxygen atoms in total. The molecule has 28 heavy (non-hydrogen) atoms. The molecule has 1 atom stereocenters. The van der Waals surface area contributed by atoms with Crippen LogP contribution in [0.4, 0.5) is 4.79 Å². The number of rotatable bonds is 9. The quantitative estimate of drug-likeness (QED) is 0.486. The molecule has 154 valence electrons. The highest BCUT2D eigenvalue weighted by Crippen LogP contribution is 2.19. The SMILES string of the molecule is CC(C)(C)OC(=O)N[C@@H](Cc1c[nH]c2ccccc12)C(=O)NCCOCCO. The van der Waals surface area contributed by atoms with E-state index in [2.05, 4.69) is 15.6 Å². The Hall–Kier alpha value is -2.58. The third kappa shape index (κ3) is 6.86. The zero-order valence-corrected chi connectivity index (χ0v) is 16.6. The van der Waals surface area contributed by atoms with Gasteiger partial charge in [0.05, 0.1) is 19.8 Å². The summed E-state index contributed by atoms with van der Waals surface area (Å²) in [5, 5.41) is 15.1. The highest BCUT2D eigenvalue weighted by atomic mass is 16.6. The summed E-state index contributed by atoms with van der Waals surface area (Å²) >= 11 is 0. The molecule has 0 saturated carbocycles. The van der Waals surface area contributed by atoms with Gasteiger partial charge in [0, 0.05) is 30.1 Å². The van der Waals surface area contributed by atoms with Crippen LogP contribution in [0.2, 0.25) is 0 Å².